The second kappa shape index (κ2) is 8.33. The molecule has 0 fully saturated rings. The minimum atomic E-state index is -0.0340. The zero-order valence-electron chi connectivity index (χ0n) is 15.1. The first kappa shape index (κ1) is 18.5. The molecule has 0 saturated heterocycles. The number of para-hydroxylation sites is 1. The van der Waals surface area contributed by atoms with E-state index in [-0.39, 0.29) is 17.5 Å². The molecular formula is C20H24N2O3. The maximum absolute atomic E-state index is 11.2. The fraction of sp³-hybridized carbons (Fsp3) is 0.300. The summed E-state index contributed by atoms with van der Waals surface area (Å²) in [6.45, 7) is 4.00. The average molecular weight is 340 g/mol. The minimum Gasteiger partial charge on any atom is -0.504 e. The predicted octanol–water partition coefficient (Wildman–Crippen LogP) is 4.00. The number of phenolic OH excluding ortho intramolecular Hbond substituents is 1. The van der Waals surface area contributed by atoms with E-state index in [9.17, 15) is 9.90 Å². The molecule has 1 N–H and O–H groups in total. The number of nitrogens with zero attached hydrogens (tertiary/aromatic N) is 2. The van der Waals surface area contributed by atoms with Gasteiger partial charge in [0.25, 0.3) is 0 Å². The number of carbonyl (C=O) groups is 1. The Balaban J connectivity index is 0.00000109. The molecule has 5 nitrogen and oxygen atoms in total. The number of likely N-dealkylation sites (N-methyl/N-ethyl adjacent to an activating group) is 1. The van der Waals surface area contributed by atoms with Crippen LogP contribution in [0.3, 0.4) is 0 Å². The van der Waals surface area contributed by atoms with Gasteiger partial charge < -0.3 is 14.7 Å². The molecule has 2 aromatic carbocycles. The van der Waals surface area contributed by atoms with Gasteiger partial charge in [-0.3, -0.25) is 9.79 Å². The third kappa shape index (κ3) is 3.82. The highest BCUT2D eigenvalue weighted by Crippen LogP contribution is 2.34. The molecule has 5 heteroatoms. The maximum atomic E-state index is 11.2. The first-order chi connectivity index (χ1) is 12.1. The highest BCUT2D eigenvalue weighted by Gasteiger charge is 2.24. The molecule has 1 unspecified atom stereocenters. The van der Waals surface area contributed by atoms with Crippen LogP contribution in [0.5, 0.6) is 11.5 Å². The minimum absolute atomic E-state index is 0.0340. The van der Waals surface area contributed by atoms with Gasteiger partial charge >= 0.3 is 0 Å². The number of methoxy groups -OCH3 is 1. The number of benzene rings is 2. The number of fused-ring (bicyclic) bond motifs is 1. The Morgan fingerprint density at radius 3 is 2.64 bits per heavy atom. The average Bonchev–Trinajstić information content (AvgIpc) is 2.98. The molecule has 3 rings (SSSR count). The topological polar surface area (TPSA) is 62.1 Å². The van der Waals surface area contributed by atoms with Crippen LogP contribution < -0.4 is 9.64 Å². The van der Waals surface area contributed by atoms with Crippen molar-refractivity contribution in [1.29, 1.82) is 0 Å². The Morgan fingerprint density at radius 2 is 2.00 bits per heavy atom. The zero-order valence-corrected chi connectivity index (χ0v) is 15.1. The normalized spacial score (nSPS) is 15.5. The summed E-state index contributed by atoms with van der Waals surface area (Å²) < 4.78 is 5.01. The standard InChI is InChI=1S/C18H18N2O3.C2H6/c1-20-14(7-12-5-3-4-6-16(12)20)10-19-15-9-17(22)18(23-2)8-13(15)11-21;1-2/h3-6,8-11,14,22H,7H2,1-2H3;1-2H3. The molecule has 0 aromatic heterocycles. The van der Waals surface area contributed by atoms with Crippen molar-refractivity contribution < 1.29 is 14.6 Å². The third-order valence-electron chi connectivity index (χ3n) is 4.14. The van der Waals surface area contributed by atoms with E-state index in [1.165, 1.54) is 30.5 Å². The first-order valence-electron chi connectivity index (χ1n) is 8.35. The zero-order chi connectivity index (χ0) is 18.4. The highest BCUT2D eigenvalue weighted by molar-refractivity contribution is 5.87. The fourth-order valence-corrected chi connectivity index (χ4v) is 2.83. The number of hydrogen-bond acceptors (Lipinski definition) is 5. The Bertz CT molecular complexity index is 772. The molecule has 0 radical (unpaired) electrons. The van der Waals surface area contributed by atoms with Crippen LogP contribution in [-0.4, -0.2) is 37.8 Å². The van der Waals surface area contributed by atoms with Gasteiger partial charge in [-0.25, -0.2) is 0 Å². The Hall–Kier alpha value is -2.82. The number of hydrogen-bond donors (Lipinski definition) is 1. The molecule has 1 aliphatic rings. The lowest BCUT2D eigenvalue weighted by Crippen LogP contribution is -2.28. The van der Waals surface area contributed by atoms with E-state index in [2.05, 4.69) is 22.0 Å². The van der Waals surface area contributed by atoms with Crippen molar-refractivity contribution in [1.82, 2.24) is 0 Å². The summed E-state index contributed by atoms with van der Waals surface area (Å²) >= 11 is 0. The van der Waals surface area contributed by atoms with Gasteiger partial charge in [0.15, 0.2) is 17.8 Å². The van der Waals surface area contributed by atoms with E-state index in [1.54, 1.807) is 0 Å². The quantitative estimate of drug-likeness (QED) is 0.675. The van der Waals surface area contributed by atoms with Crippen LogP contribution in [-0.2, 0) is 6.42 Å². The number of carbonyl (C=O) groups excluding carboxylic acids is 1. The molecule has 1 atom stereocenters. The second-order valence-corrected chi connectivity index (χ2v) is 5.49. The Morgan fingerprint density at radius 1 is 1.28 bits per heavy atom. The molecule has 25 heavy (non-hydrogen) atoms. The van der Waals surface area contributed by atoms with Gasteiger partial charge in [0.2, 0.25) is 0 Å². The van der Waals surface area contributed by atoms with Gasteiger partial charge in [0.1, 0.15) is 0 Å². The molecule has 0 spiro atoms. The number of rotatable bonds is 4. The lowest BCUT2D eigenvalue weighted by atomic mass is 10.1. The third-order valence-corrected chi connectivity index (χ3v) is 4.14. The first-order valence-corrected chi connectivity index (χ1v) is 8.35. The maximum Gasteiger partial charge on any atom is 0.161 e. The number of aromatic hydroxyl groups is 1. The molecule has 2 aromatic rings. The molecular weight excluding hydrogens is 316 g/mol. The van der Waals surface area contributed by atoms with Gasteiger partial charge in [0, 0.05) is 30.6 Å². The van der Waals surface area contributed by atoms with Crippen LogP contribution in [0.1, 0.15) is 29.8 Å². The van der Waals surface area contributed by atoms with E-state index in [1.807, 2.05) is 39.2 Å². The van der Waals surface area contributed by atoms with Crippen molar-refractivity contribution in [2.24, 2.45) is 4.99 Å². The monoisotopic (exact) mass is 340 g/mol. The van der Waals surface area contributed by atoms with Crippen LogP contribution in [0.25, 0.3) is 0 Å². The van der Waals surface area contributed by atoms with E-state index in [0.29, 0.717) is 17.5 Å². The fourth-order valence-electron chi connectivity index (χ4n) is 2.83. The molecule has 0 amide bonds. The smallest absolute Gasteiger partial charge is 0.161 e. The van der Waals surface area contributed by atoms with Crippen LogP contribution in [0.4, 0.5) is 11.4 Å². The van der Waals surface area contributed by atoms with Crippen LogP contribution in [0, 0.1) is 0 Å². The largest absolute Gasteiger partial charge is 0.504 e. The molecule has 1 aliphatic heterocycles. The summed E-state index contributed by atoms with van der Waals surface area (Å²) in [5.74, 6) is 0.227. The number of phenols is 1. The SMILES string of the molecule is CC.COc1cc(C=O)c(N=CC2Cc3ccccc3N2C)cc1O. The van der Waals surface area contributed by atoms with E-state index in [4.69, 9.17) is 4.74 Å². The second-order valence-electron chi connectivity index (χ2n) is 5.49. The molecule has 0 aliphatic carbocycles. The van der Waals surface area contributed by atoms with E-state index >= 15 is 0 Å². The summed E-state index contributed by atoms with van der Waals surface area (Å²) in [6.07, 6.45) is 3.39. The molecule has 0 saturated carbocycles. The van der Waals surface area contributed by atoms with E-state index in [0.717, 1.165) is 6.42 Å². The van der Waals surface area contributed by atoms with Crippen LogP contribution >= 0.6 is 0 Å². The van der Waals surface area contributed by atoms with Gasteiger partial charge in [-0.15, -0.1) is 0 Å². The number of aldehydes is 1. The van der Waals surface area contributed by atoms with Crippen molar-refractivity contribution >= 4 is 23.9 Å². The summed E-state index contributed by atoms with van der Waals surface area (Å²) in [5.41, 5.74) is 3.29. The summed E-state index contributed by atoms with van der Waals surface area (Å²) in [7, 11) is 3.46. The summed E-state index contributed by atoms with van der Waals surface area (Å²) in [6, 6.07) is 11.3. The number of aliphatic imine (C=N–C) groups is 1. The highest BCUT2D eigenvalue weighted by atomic mass is 16.5. The van der Waals surface area contributed by atoms with E-state index < -0.39 is 0 Å². The number of anilines is 1. The van der Waals surface area contributed by atoms with Crippen molar-refractivity contribution in [2.75, 3.05) is 19.1 Å². The molecule has 132 valence electrons. The lowest BCUT2D eigenvalue weighted by Gasteiger charge is -2.18. The van der Waals surface area contributed by atoms with Gasteiger partial charge in [-0.2, -0.15) is 0 Å². The lowest BCUT2D eigenvalue weighted by molar-refractivity contribution is 0.112. The summed E-state index contributed by atoms with van der Waals surface area (Å²) in [4.78, 5) is 17.8. The molecule has 0 bridgehead atoms. The van der Waals surface area contributed by atoms with Crippen molar-refractivity contribution in [3.63, 3.8) is 0 Å². The van der Waals surface area contributed by atoms with Gasteiger partial charge in [-0.1, -0.05) is 32.0 Å². The summed E-state index contributed by atoms with van der Waals surface area (Å²) in [5, 5.41) is 9.87. The Labute approximate surface area is 148 Å². The Kier molecular flexibility index (Phi) is 6.17. The number of ether oxygens (including phenoxy) is 1. The van der Waals surface area contributed by atoms with Crippen molar-refractivity contribution in [2.45, 2.75) is 26.3 Å². The predicted molar refractivity (Wildman–Crippen MR) is 102 cm³/mol. The van der Waals surface area contributed by atoms with Crippen molar-refractivity contribution in [3.8, 4) is 11.5 Å². The van der Waals surface area contributed by atoms with Crippen molar-refractivity contribution in [3.05, 3.63) is 47.5 Å². The van der Waals surface area contributed by atoms with Gasteiger partial charge in [-0.05, 0) is 24.1 Å². The van der Waals surface area contributed by atoms with Crippen LogP contribution in [0.2, 0.25) is 0 Å². The van der Waals surface area contributed by atoms with Crippen LogP contribution in [0.15, 0.2) is 41.4 Å². The van der Waals surface area contributed by atoms with Gasteiger partial charge in [0.05, 0.1) is 18.8 Å². The molecule has 1 heterocycles.